The highest BCUT2D eigenvalue weighted by atomic mass is 16.5. The fraction of sp³-hybridized carbons (Fsp3) is 0.261. The van der Waals surface area contributed by atoms with Gasteiger partial charge in [-0.3, -0.25) is 4.79 Å². The average molecular weight is 401 g/mol. The van der Waals surface area contributed by atoms with E-state index in [2.05, 4.69) is 14.9 Å². The third-order valence-corrected chi connectivity index (χ3v) is 5.58. The Hall–Kier alpha value is -3.61. The Balaban J connectivity index is 1.32. The van der Waals surface area contributed by atoms with Crippen molar-refractivity contribution in [1.29, 1.82) is 0 Å². The first-order chi connectivity index (χ1) is 14.7. The molecule has 2 aromatic carbocycles. The summed E-state index contributed by atoms with van der Waals surface area (Å²) < 4.78 is 5.26. The molecule has 1 saturated heterocycles. The van der Waals surface area contributed by atoms with Gasteiger partial charge in [0, 0.05) is 31.6 Å². The van der Waals surface area contributed by atoms with Crippen LogP contribution in [0.5, 0.6) is 5.75 Å². The highest BCUT2D eigenvalue weighted by Crippen LogP contribution is 2.21. The molecule has 0 spiro atoms. The zero-order valence-electron chi connectivity index (χ0n) is 16.8. The summed E-state index contributed by atoms with van der Waals surface area (Å²) in [7, 11) is 1.64. The van der Waals surface area contributed by atoms with E-state index in [9.17, 15) is 4.79 Å². The number of nitrogens with zero attached hydrogens (tertiary/aromatic N) is 4. The van der Waals surface area contributed by atoms with Crippen LogP contribution in [0.15, 0.2) is 54.6 Å². The maximum atomic E-state index is 13.1. The number of carbonyl (C=O) groups is 1. The van der Waals surface area contributed by atoms with E-state index in [1.165, 1.54) is 0 Å². The predicted octanol–water partition coefficient (Wildman–Crippen LogP) is 3.47. The van der Waals surface area contributed by atoms with E-state index in [4.69, 9.17) is 9.72 Å². The lowest BCUT2D eigenvalue weighted by Gasteiger charge is -2.21. The minimum Gasteiger partial charge on any atom is -0.497 e. The van der Waals surface area contributed by atoms with E-state index in [0.717, 1.165) is 53.1 Å². The largest absolute Gasteiger partial charge is 0.497 e. The van der Waals surface area contributed by atoms with Gasteiger partial charge in [-0.1, -0.05) is 18.2 Å². The average Bonchev–Trinajstić information content (AvgIpc) is 3.07. The Labute approximate surface area is 174 Å². The number of nitrogens with one attached hydrogen (secondary N) is 1. The van der Waals surface area contributed by atoms with Crippen molar-refractivity contribution in [3.8, 4) is 5.75 Å². The molecule has 5 rings (SSSR count). The highest BCUT2D eigenvalue weighted by Gasteiger charge is 2.23. The maximum Gasteiger partial charge on any atom is 0.272 e. The van der Waals surface area contributed by atoms with E-state index < -0.39 is 0 Å². The number of aromatic nitrogens is 3. The van der Waals surface area contributed by atoms with Gasteiger partial charge in [-0.05, 0) is 42.8 Å². The molecule has 0 bridgehead atoms. The number of hydrogen-bond donors (Lipinski definition) is 1. The lowest BCUT2D eigenvalue weighted by atomic mass is 10.2. The van der Waals surface area contributed by atoms with Crippen molar-refractivity contribution >= 4 is 33.8 Å². The second-order valence-corrected chi connectivity index (χ2v) is 7.47. The number of benzene rings is 2. The Morgan fingerprint density at radius 1 is 0.967 bits per heavy atom. The predicted molar refractivity (Wildman–Crippen MR) is 117 cm³/mol. The molecule has 1 fully saturated rings. The molecule has 0 saturated carbocycles. The number of methoxy groups -OCH3 is 1. The summed E-state index contributed by atoms with van der Waals surface area (Å²) >= 11 is 0. The molecule has 2 aromatic heterocycles. The Morgan fingerprint density at radius 3 is 2.73 bits per heavy atom. The second kappa shape index (κ2) is 7.67. The van der Waals surface area contributed by atoms with Crippen LogP contribution in [0.25, 0.3) is 21.9 Å². The molecule has 7 heteroatoms. The lowest BCUT2D eigenvalue weighted by Crippen LogP contribution is -2.35. The van der Waals surface area contributed by atoms with Crippen LogP contribution in [-0.4, -0.2) is 59.0 Å². The normalized spacial score (nSPS) is 14.8. The first-order valence-corrected chi connectivity index (χ1v) is 10.1. The molecule has 152 valence electrons. The minimum absolute atomic E-state index is 0.0285. The summed E-state index contributed by atoms with van der Waals surface area (Å²) in [5.74, 6) is 1.61. The molecular weight excluding hydrogens is 378 g/mol. The van der Waals surface area contributed by atoms with Crippen LogP contribution in [-0.2, 0) is 0 Å². The first-order valence-electron chi connectivity index (χ1n) is 10.1. The van der Waals surface area contributed by atoms with Crippen LogP contribution in [0.4, 0.5) is 5.95 Å². The minimum atomic E-state index is -0.0285. The molecule has 0 atom stereocenters. The van der Waals surface area contributed by atoms with Crippen LogP contribution in [0, 0.1) is 0 Å². The van der Waals surface area contributed by atoms with Gasteiger partial charge in [-0.15, -0.1) is 0 Å². The molecule has 1 amide bonds. The number of fused-ring (bicyclic) bond motifs is 2. The highest BCUT2D eigenvalue weighted by molar-refractivity contribution is 5.95. The number of hydrogen-bond acceptors (Lipinski definition) is 5. The van der Waals surface area contributed by atoms with Crippen LogP contribution in [0.2, 0.25) is 0 Å². The summed E-state index contributed by atoms with van der Waals surface area (Å²) in [4.78, 5) is 29.9. The van der Waals surface area contributed by atoms with Gasteiger partial charge in [0.25, 0.3) is 5.91 Å². The SMILES string of the molecule is COc1ccc2nc(C(=O)N3CCCN(c4nc5ccccc5[nH]4)CC3)ccc2c1. The van der Waals surface area contributed by atoms with Gasteiger partial charge in [0.2, 0.25) is 5.95 Å². The van der Waals surface area contributed by atoms with E-state index in [1.54, 1.807) is 13.2 Å². The maximum absolute atomic E-state index is 13.1. The molecule has 3 heterocycles. The third-order valence-electron chi connectivity index (χ3n) is 5.58. The molecule has 1 aliphatic heterocycles. The van der Waals surface area contributed by atoms with Gasteiger partial charge in [0.1, 0.15) is 11.4 Å². The molecule has 0 aliphatic carbocycles. The van der Waals surface area contributed by atoms with E-state index in [-0.39, 0.29) is 5.91 Å². The zero-order valence-corrected chi connectivity index (χ0v) is 16.8. The number of amides is 1. The molecule has 30 heavy (non-hydrogen) atoms. The fourth-order valence-corrected chi connectivity index (χ4v) is 3.93. The molecule has 0 radical (unpaired) electrons. The number of carbonyl (C=O) groups excluding carboxylic acids is 1. The number of H-pyrrole nitrogens is 1. The first kappa shape index (κ1) is 18.4. The van der Waals surface area contributed by atoms with Crippen molar-refractivity contribution in [3.63, 3.8) is 0 Å². The van der Waals surface area contributed by atoms with Crippen molar-refractivity contribution in [2.75, 3.05) is 38.2 Å². The van der Waals surface area contributed by atoms with Crippen LogP contribution < -0.4 is 9.64 Å². The van der Waals surface area contributed by atoms with Crippen molar-refractivity contribution in [1.82, 2.24) is 19.9 Å². The third kappa shape index (κ3) is 3.43. The number of para-hydroxylation sites is 2. The number of pyridine rings is 1. The smallest absolute Gasteiger partial charge is 0.272 e. The Bertz CT molecular complexity index is 1190. The molecular formula is C23H23N5O2. The van der Waals surface area contributed by atoms with Crippen LogP contribution >= 0.6 is 0 Å². The fourth-order valence-electron chi connectivity index (χ4n) is 3.93. The molecule has 0 unspecified atom stereocenters. The summed E-state index contributed by atoms with van der Waals surface area (Å²) in [5.41, 5.74) is 3.26. The quantitative estimate of drug-likeness (QED) is 0.569. The van der Waals surface area contributed by atoms with E-state index in [0.29, 0.717) is 18.8 Å². The van der Waals surface area contributed by atoms with Gasteiger partial charge in [0.05, 0.1) is 23.7 Å². The Kier molecular flexibility index (Phi) is 4.71. The zero-order chi connectivity index (χ0) is 20.5. The van der Waals surface area contributed by atoms with Crippen LogP contribution in [0.3, 0.4) is 0 Å². The molecule has 7 nitrogen and oxygen atoms in total. The van der Waals surface area contributed by atoms with Gasteiger partial charge < -0.3 is 19.5 Å². The standard InChI is InChI=1S/C23H23N5O2/c1-30-17-8-10-18-16(15-17)7-9-21(24-18)22(29)27-11-4-12-28(14-13-27)23-25-19-5-2-3-6-20(19)26-23/h2-3,5-10,15H,4,11-14H2,1H3,(H,25,26). The summed E-state index contributed by atoms with van der Waals surface area (Å²) in [6.07, 6.45) is 0.883. The topological polar surface area (TPSA) is 74.3 Å². The number of anilines is 1. The summed E-state index contributed by atoms with van der Waals surface area (Å²) in [5, 5.41) is 0.956. The van der Waals surface area contributed by atoms with Crippen LogP contribution in [0.1, 0.15) is 16.9 Å². The van der Waals surface area contributed by atoms with Gasteiger partial charge >= 0.3 is 0 Å². The summed E-state index contributed by atoms with van der Waals surface area (Å²) in [6.45, 7) is 2.93. The van der Waals surface area contributed by atoms with Crippen molar-refractivity contribution in [2.45, 2.75) is 6.42 Å². The lowest BCUT2D eigenvalue weighted by molar-refractivity contribution is 0.0761. The van der Waals surface area contributed by atoms with Gasteiger partial charge in [-0.25, -0.2) is 9.97 Å². The van der Waals surface area contributed by atoms with E-state index >= 15 is 0 Å². The van der Waals surface area contributed by atoms with Crippen molar-refractivity contribution in [2.24, 2.45) is 0 Å². The second-order valence-electron chi connectivity index (χ2n) is 7.47. The van der Waals surface area contributed by atoms with Crippen molar-refractivity contribution in [3.05, 3.63) is 60.3 Å². The number of aromatic amines is 1. The van der Waals surface area contributed by atoms with Gasteiger partial charge in [0.15, 0.2) is 0 Å². The monoisotopic (exact) mass is 401 g/mol. The van der Waals surface area contributed by atoms with Crippen molar-refractivity contribution < 1.29 is 9.53 Å². The van der Waals surface area contributed by atoms with Gasteiger partial charge in [-0.2, -0.15) is 0 Å². The number of rotatable bonds is 3. The number of imidazole rings is 1. The molecule has 1 aliphatic rings. The number of ether oxygens (including phenoxy) is 1. The molecule has 1 N–H and O–H groups in total. The van der Waals surface area contributed by atoms with E-state index in [1.807, 2.05) is 53.4 Å². The molecule has 4 aromatic rings. The summed E-state index contributed by atoms with van der Waals surface area (Å²) in [6, 6.07) is 17.4. The Morgan fingerprint density at radius 2 is 1.87 bits per heavy atom.